The van der Waals surface area contributed by atoms with Crippen molar-refractivity contribution in [2.24, 2.45) is 4.99 Å². The summed E-state index contributed by atoms with van der Waals surface area (Å²) in [5.74, 6) is 1.11. The number of likely N-dealkylation sites (tertiary alicyclic amines) is 1. The molecule has 2 aliphatic rings. The summed E-state index contributed by atoms with van der Waals surface area (Å²) in [6.07, 6.45) is 7.18. The molecule has 0 bridgehead atoms. The van der Waals surface area contributed by atoms with Crippen molar-refractivity contribution in [1.29, 1.82) is 0 Å². The third-order valence-electron chi connectivity index (χ3n) is 5.92. The minimum atomic E-state index is -0.126. The Morgan fingerprint density at radius 2 is 2.10 bits per heavy atom. The van der Waals surface area contributed by atoms with Crippen LogP contribution in [0.2, 0.25) is 0 Å². The summed E-state index contributed by atoms with van der Waals surface area (Å²) in [6.45, 7) is 11.3. The topological polar surface area (TPSA) is 95.7 Å². The lowest BCUT2D eigenvalue weighted by Crippen LogP contribution is -2.44. The number of amides is 1. The smallest absolute Gasteiger partial charge is 0.255 e. The van der Waals surface area contributed by atoms with E-state index in [-0.39, 0.29) is 17.5 Å². The molecular weight excluding hydrogens is 368 g/mol. The van der Waals surface area contributed by atoms with Gasteiger partial charge in [0.15, 0.2) is 0 Å². The van der Waals surface area contributed by atoms with Gasteiger partial charge in [0.2, 0.25) is 5.71 Å². The number of rotatable bonds is 6. The number of allylic oxidation sites excluding steroid dienone is 1. The van der Waals surface area contributed by atoms with Gasteiger partial charge in [-0.15, -0.1) is 0 Å². The molecule has 1 saturated carbocycles. The summed E-state index contributed by atoms with van der Waals surface area (Å²) in [4.78, 5) is 27.9. The number of carbonyl (C=O) groups is 1. The molecule has 154 valence electrons. The number of fused-ring (bicyclic) bond motifs is 1. The molecule has 2 N–H and O–H groups in total. The van der Waals surface area contributed by atoms with E-state index in [1.54, 1.807) is 13.1 Å². The van der Waals surface area contributed by atoms with Crippen LogP contribution >= 0.6 is 0 Å². The highest BCUT2D eigenvalue weighted by Crippen LogP contribution is 2.40. The van der Waals surface area contributed by atoms with Crippen LogP contribution < -0.4 is 10.6 Å². The molecule has 8 heteroatoms. The lowest BCUT2D eigenvalue weighted by atomic mass is 10.0. The molecule has 4 rings (SSSR count). The average molecular weight is 396 g/mol. The molecular formula is C21H28N6O2. The summed E-state index contributed by atoms with van der Waals surface area (Å²) >= 11 is 0. The van der Waals surface area contributed by atoms with E-state index in [1.807, 2.05) is 6.92 Å². The van der Waals surface area contributed by atoms with Gasteiger partial charge in [0.05, 0.1) is 10.9 Å². The second-order valence-electron chi connectivity index (χ2n) is 8.31. The molecule has 3 heterocycles. The molecule has 0 unspecified atom stereocenters. The van der Waals surface area contributed by atoms with Crippen molar-refractivity contribution in [1.82, 2.24) is 20.2 Å². The van der Waals surface area contributed by atoms with Crippen molar-refractivity contribution in [2.75, 3.05) is 18.4 Å². The zero-order valence-corrected chi connectivity index (χ0v) is 17.3. The molecule has 2 aromatic heterocycles. The zero-order chi connectivity index (χ0) is 20.6. The number of piperidine rings is 1. The van der Waals surface area contributed by atoms with Gasteiger partial charge in [-0.2, -0.15) is 0 Å². The third kappa shape index (κ3) is 3.97. The molecule has 1 saturated heterocycles. The maximum Gasteiger partial charge on any atom is 0.255 e. The van der Waals surface area contributed by atoms with Gasteiger partial charge in [0.25, 0.3) is 5.91 Å². The highest BCUT2D eigenvalue weighted by molar-refractivity contribution is 6.10. The van der Waals surface area contributed by atoms with Gasteiger partial charge in [-0.05, 0) is 53.2 Å². The first-order valence-corrected chi connectivity index (χ1v) is 10.1. The van der Waals surface area contributed by atoms with E-state index in [0.29, 0.717) is 28.2 Å². The largest absolute Gasteiger partial charge is 0.442 e. The summed E-state index contributed by atoms with van der Waals surface area (Å²) in [6, 6.07) is 0.120. The highest BCUT2D eigenvalue weighted by atomic mass is 16.3. The Morgan fingerprint density at radius 1 is 1.38 bits per heavy atom. The van der Waals surface area contributed by atoms with Crippen molar-refractivity contribution in [3.05, 3.63) is 29.5 Å². The Balaban J connectivity index is 1.51. The van der Waals surface area contributed by atoms with Crippen molar-refractivity contribution in [3.8, 4) is 0 Å². The number of aliphatic imine (C=N–C) groups is 1. The average Bonchev–Trinajstić information content (AvgIpc) is 3.30. The van der Waals surface area contributed by atoms with Crippen molar-refractivity contribution < 1.29 is 9.21 Å². The number of nitrogens with zero attached hydrogens (tertiary/aromatic N) is 4. The van der Waals surface area contributed by atoms with E-state index in [1.165, 1.54) is 6.33 Å². The van der Waals surface area contributed by atoms with Crippen LogP contribution in [0.3, 0.4) is 0 Å². The molecule has 0 radical (unpaired) electrons. The van der Waals surface area contributed by atoms with Crippen LogP contribution in [-0.2, 0) is 0 Å². The Kier molecular flexibility index (Phi) is 5.02. The Labute approximate surface area is 170 Å². The van der Waals surface area contributed by atoms with Gasteiger partial charge in [-0.3, -0.25) is 9.79 Å². The maximum absolute atomic E-state index is 13.2. The summed E-state index contributed by atoms with van der Waals surface area (Å²) in [5, 5.41) is 7.32. The minimum absolute atomic E-state index is 0.0404. The third-order valence-corrected chi connectivity index (χ3v) is 5.92. The number of anilines is 1. The first-order chi connectivity index (χ1) is 13.9. The second-order valence-corrected chi connectivity index (χ2v) is 8.31. The van der Waals surface area contributed by atoms with E-state index in [0.717, 1.165) is 44.5 Å². The quantitative estimate of drug-likeness (QED) is 0.728. The Bertz CT molecular complexity index is 967. The van der Waals surface area contributed by atoms with Crippen LogP contribution in [0.5, 0.6) is 0 Å². The van der Waals surface area contributed by atoms with E-state index >= 15 is 0 Å². The van der Waals surface area contributed by atoms with Gasteiger partial charge >= 0.3 is 0 Å². The van der Waals surface area contributed by atoms with E-state index < -0.39 is 0 Å². The summed E-state index contributed by atoms with van der Waals surface area (Å²) in [5.41, 5.74) is 2.12. The monoisotopic (exact) mass is 396 g/mol. The fraction of sp³-hybridized carbons (Fsp3) is 0.524. The van der Waals surface area contributed by atoms with Crippen molar-refractivity contribution in [3.63, 3.8) is 0 Å². The van der Waals surface area contributed by atoms with Gasteiger partial charge in [-0.25, -0.2) is 9.97 Å². The molecule has 0 spiro atoms. The van der Waals surface area contributed by atoms with Gasteiger partial charge in [-0.1, -0.05) is 0 Å². The molecule has 0 atom stereocenters. The Morgan fingerprint density at radius 3 is 2.76 bits per heavy atom. The Hall–Kier alpha value is -2.90. The molecule has 2 fully saturated rings. The first kappa shape index (κ1) is 19.4. The minimum Gasteiger partial charge on any atom is -0.442 e. The molecule has 1 aliphatic carbocycles. The predicted octanol–water partition coefficient (Wildman–Crippen LogP) is 3.25. The number of aryl methyl sites for hydroxylation is 1. The van der Waals surface area contributed by atoms with E-state index in [2.05, 4.69) is 44.1 Å². The fourth-order valence-corrected chi connectivity index (χ4v) is 3.86. The van der Waals surface area contributed by atoms with Gasteiger partial charge < -0.3 is 20.0 Å². The summed E-state index contributed by atoms with van der Waals surface area (Å²) in [7, 11) is 0. The standard InChI is InChI=1S/C21H28N6O2/c1-13(11-22-4)27-9-5-15(6-10-27)25-19(28)16-14(2)29-20-17(16)18(23-12-24-20)26-21(3)7-8-21/h11-12,15H,4-10H2,1-3H3,(H,25,28)(H,23,24,26)/b13-11+. The predicted molar refractivity (Wildman–Crippen MR) is 113 cm³/mol. The van der Waals surface area contributed by atoms with Crippen molar-refractivity contribution in [2.45, 2.75) is 58.0 Å². The van der Waals surface area contributed by atoms with Crippen LogP contribution in [-0.4, -0.2) is 52.2 Å². The van der Waals surface area contributed by atoms with Crippen LogP contribution in [0.4, 0.5) is 5.82 Å². The molecule has 1 aliphatic heterocycles. The van der Waals surface area contributed by atoms with Crippen LogP contribution in [0, 0.1) is 6.92 Å². The van der Waals surface area contributed by atoms with Gasteiger partial charge in [0.1, 0.15) is 17.9 Å². The zero-order valence-electron chi connectivity index (χ0n) is 17.3. The number of hydrogen-bond acceptors (Lipinski definition) is 7. The van der Waals surface area contributed by atoms with E-state index in [4.69, 9.17) is 4.42 Å². The maximum atomic E-state index is 13.2. The van der Waals surface area contributed by atoms with Crippen LogP contribution in [0.1, 0.15) is 55.6 Å². The molecule has 0 aromatic carbocycles. The molecule has 2 aromatic rings. The lowest BCUT2D eigenvalue weighted by Gasteiger charge is -2.34. The second kappa shape index (κ2) is 7.50. The number of hydrogen-bond donors (Lipinski definition) is 2. The number of furan rings is 1. The molecule has 29 heavy (non-hydrogen) atoms. The SMILES string of the molecule is C=N/C=C(\C)N1CCC(NC(=O)c2c(C)oc3ncnc(NC4(C)CC4)c23)CC1. The normalized spacial score (nSPS) is 19.3. The molecule has 8 nitrogen and oxygen atoms in total. The van der Waals surface area contributed by atoms with E-state index in [9.17, 15) is 4.79 Å². The highest BCUT2D eigenvalue weighted by Gasteiger charge is 2.38. The number of nitrogens with one attached hydrogen (secondary N) is 2. The number of aromatic nitrogens is 2. The van der Waals surface area contributed by atoms with Gasteiger partial charge in [0, 0.05) is 36.6 Å². The van der Waals surface area contributed by atoms with Crippen LogP contribution in [0.15, 0.2) is 27.6 Å². The number of carbonyl (C=O) groups excluding carboxylic acids is 1. The molecule has 1 amide bonds. The first-order valence-electron chi connectivity index (χ1n) is 10.1. The fourth-order valence-electron chi connectivity index (χ4n) is 3.86. The van der Waals surface area contributed by atoms with Crippen molar-refractivity contribution >= 4 is 29.5 Å². The summed E-state index contributed by atoms with van der Waals surface area (Å²) < 4.78 is 5.78. The lowest BCUT2D eigenvalue weighted by molar-refractivity contribution is 0.0918. The van der Waals surface area contributed by atoms with Crippen LogP contribution in [0.25, 0.3) is 11.1 Å².